The van der Waals surface area contributed by atoms with Crippen molar-refractivity contribution in [3.8, 4) is 22.5 Å². The van der Waals surface area contributed by atoms with Crippen molar-refractivity contribution in [2.45, 2.75) is 17.7 Å². The summed E-state index contributed by atoms with van der Waals surface area (Å²) in [5, 5.41) is 22.6. The van der Waals surface area contributed by atoms with Crippen molar-refractivity contribution in [3.05, 3.63) is 36.4 Å². The van der Waals surface area contributed by atoms with Gasteiger partial charge < -0.3 is 5.11 Å². The lowest BCUT2D eigenvalue weighted by Gasteiger charge is -2.11. The average molecular weight is 360 g/mol. The predicted octanol–water partition coefficient (Wildman–Crippen LogP) is 0.652. The summed E-state index contributed by atoms with van der Waals surface area (Å²) in [4.78, 5) is 8.65. The molecule has 3 rings (SSSR count). The molecule has 0 unspecified atom stereocenters. The van der Waals surface area contributed by atoms with Crippen LogP contribution in [-0.4, -0.2) is 57.0 Å². The molecular weight excluding hydrogens is 344 g/mol. The molecule has 0 amide bonds. The number of H-pyrrole nitrogens is 1. The van der Waals surface area contributed by atoms with E-state index >= 15 is 0 Å². The number of nitrogens with zero attached hydrogens (tertiary/aromatic N) is 5. The molecule has 2 heterocycles. The van der Waals surface area contributed by atoms with Gasteiger partial charge in [0.25, 0.3) is 0 Å². The monoisotopic (exact) mass is 360 g/mol. The van der Waals surface area contributed by atoms with Crippen LogP contribution < -0.4 is 0 Å². The lowest BCUT2D eigenvalue weighted by atomic mass is 10.0. The molecule has 0 spiro atoms. The lowest BCUT2D eigenvalue weighted by Crippen LogP contribution is -2.03. The zero-order valence-electron chi connectivity index (χ0n) is 13.4. The van der Waals surface area contributed by atoms with Crippen molar-refractivity contribution in [1.82, 2.24) is 30.6 Å². The quantitative estimate of drug-likeness (QED) is 0.654. The fourth-order valence-corrected chi connectivity index (χ4v) is 3.34. The Kier molecular flexibility index (Phi) is 4.81. The minimum absolute atomic E-state index is 0.0729. The van der Waals surface area contributed by atoms with Gasteiger partial charge in [0.1, 0.15) is 5.82 Å². The number of aliphatic hydroxyl groups is 1. The standard InChI is InChI=1S/C15H16N6O3S/c1-25(23,24)12-5-2-4-11(14(12)15-18-20-21-19-15)10-8-16-13(17-9-10)6-3-7-22/h2,4-5,8-9,22H,3,6-7H2,1H3,(H,18,19,20,21). The summed E-state index contributed by atoms with van der Waals surface area (Å²) >= 11 is 0. The molecule has 0 aliphatic rings. The average Bonchev–Trinajstić information content (AvgIpc) is 3.13. The molecule has 25 heavy (non-hydrogen) atoms. The molecule has 0 aliphatic carbocycles. The van der Waals surface area contributed by atoms with Gasteiger partial charge >= 0.3 is 0 Å². The van der Waals surface area contributed by atoms with Crippen LogP contribution in [-0.2, 0) is 16.3 Å². The summed E-state index contributed by atoms with van der Waals surface area (Å²) in [5.74, 6) is 0.790. The molecule has 2 aromatic heterocycles. The molecule has 2 N–H and O–H groups in total. The molecule has 130 valence electrons. The van der Waals surface area contributed by atoms with E-state index in [1.165, 1.54) is 6.07 Å². The van der Waals surface area contributed by atoms with Gasteiger partial charge in [0.05, 0.1) is 4.90 Å². The zero-order chi connectivity index (χ0) is 17.9. The second kappa shape index (κ2) is 7.03. The smallest absolute Gasteiger partial charge is 0.206 e. The van der Waals surface area contributed by atoms with Gasteiger partial charge in [0, 0.05) is 42.8 Å². The summed E-state index contributed by atoms with van der Waals surface area (Å²) in [6.07, 6.45) is 5.51. The fourth-order valence-electron chi connectivity index (χ4n) is 2.44. The second-order valence-corrected chi connectivity index (χ2v) is 7.39. The number of nitrogens with one attached hydrogen (secondary N) is 1. The van der Waals surface area contributed by atoms with E-state index in [2.05, 4.69) is 30.6 Å². The summed E-state index contributed by atoms with van der Waals surface area (Å²) in [6, 6.07) is 4.91. The Morgan fingerprint density at radius 1 is 1.20 bits per heavy atom. The molecule has 0 atom stereocenters. The van der Waals surface area contributed by atoms with E-state index in [4.69, 9.17) is 5.11 Å². The Hall–Kier alpha value is -2.72. The summed E-state index contributed by atoms with van der Waals surface area (Å²) in [7, 11) is -3.50. The molecule has 0 saturated carbocycles. The number of sulfone groups is 1. The number of aryl methyl sites for hydroxylation is 1. The van der Waals surface area contributed by atoms with Crippen LogP contribution in [0.25, 0.3) is 22.5 Å². The Balaban J connectivity index is 2.13. The van der Waals surface area contributed by atoms with E-state index in [9.17, 15) is 8.42 Å². The van der Waals surface area contributed by atoms with E-state index in [0.29, 0.717) is 35.4 Å². The number of benzene rings is 1. The molecule has 1 aromatic carbocycles. The van der Waals surface area contributed by atoms with Crippen LogP contribution in [0.15, 0.2) is 35.5 Å². The number of aromatic amines is 1. The van der Waals surface area contributed by atoms with Crippen molar-refractivity contribution in [2.24, 2.45) is 0 Å². The van der Waals surface area contributed by atoms with Crippen LogP contribution in [0, 0.1) is 0 Å². The number of hydrogen-bond acceptors (Lipinski definition) is 8. The Morgan fingerprint density at radius 2 is 1.96 bits per heavy atom. The van der Waals surface area contributed by atoms with Crippen molar-refractivity contribution >= 4 is 9.84 Å². The SMILES string of the molecule is CS(=O)(=O)c1cccc(-c2cnc(CCCO)nc2)c1-c1nn[nH]n1. The minimum Gasteiger partial charge on any atom is -0.396 e. The largest absolute Gasteiger partial charge is 0.396 e. The number of hydrogen-bond donors (Lipinski definition) is 2. The summed E-state index contributed by atoms with van der Waals surface area (Å²) in [5.41, 5.74) is 1.58. The maximum atomic E-state index is 12.2. The van der Waals surface area contributed by atoms with E-state index < -0.39 is 9.84 Å². The lowest BCUT2D eigenvalue weighted by molar-refractivity contribution is 0.287. The van der Waals surface area contributed by atoms with E-state index in [1.54, 1.807) is 24.5 Å². The maximum absolute atomic E-state index is 12.2. The number of aliphatic hydroxyl groups excluding tert-OH is 1. The molecule has 9 nitrogen and oxygen atoms in total. The van der Waals surface area contributed by atoms with Crippen LogP contribution in [0.1, 0.15) is 12.2 Å². The van der Waals surface area contributed by atoms with E-state index in [-0.39, 0.29) is 17.3 Å². The maximum Gasteiger partial charge on any atom is 0.206 e. The molecule has 0 radical (unpaired) electrons. The van der Waals surface area contributed by atoms with Crippen LogP contribution >= 0.6 is 0 Å². The van der Waals surface area contributed by atoms with Gasteiger partial charge in [-0.1, -0.05) is 12.1 Å². The molecular formula is C15H16N6O3S. The highest BCUT2D eigenvalue weighted by molar-refractivity contribution is 7.90. The van der Waals surface area contributed by atoms with Crippen molar-refractivity contribution < 1.29 is 13.5 Å². The zero-order valence-corrected chi connectivity index (χ0v) is 14.2. The number of tetrazole rings is 1. The normalized spacial score (nSPS) is 11.6. The Bertz CT molecular complexity index is 955. The van der Waals surface area contributed by atoms with Crippen LogP contribution in [0.3, 0.4) is 0 Å². The van der Waals surface area contributed by atoms with Gasteiger partial charge in [-0.3, -0.25) is 0 Å². The molecule has 0 bridgehead atoms. The van der Waals surface area contributed by atoms with E-state index in [0.717, 1.165) is 6.26 Å². The third-order valence-corrected chi connectivity index (χ3v) is 4.71. The van der Waals surface area contributed by atoms with Crippen LogP contribution in [0.4, 0.5) is 0 Å². The van der Waals surface area contributed by atoms with Gasteiger partial charge in [-0.15, -0.1) is 10.2 Å². The van der Waals surface area contributed by atoms with Crippen molar-refractivity contribution in [1.29, 1.82) is 0 Å². The number of rotatable bonds is 6. The first-order valence-electron chi connectivity index (χ1n) is 7.49. The van der Waals surface area contributed by atoms with Gasteiger partial charge in [-0.2, -0.15) is 5.21 Å². The Labute approximate surface area is 144 Å². The van der Waals surface area contributed by atoms with Gasteiger partial charge in [-0.25, -0.2) is 18.4 Å². The minimum atomic E-state index is -3.50. The highest BCUT2D eigenvalue weighted by Crippen LogP contribution is 2.34. The first-order valence-corrected chi connectivity index (χ1v) is 9.39. The van der Waals surface area contributed by atoms with Crippen molar-refractivity contribution in [2.75, 3.05) is 12.9 Å². The highest BCUT2D eigenvalue weighted by atomic mass is 32.2. The first kappa shape index (κ1) is 17.1. The summed E-state index contributed by atoms with van der Waals surface area (Å²) in [6.45, 7) is 0.0729. The molecule has 3 aromatic rings. The third-order valence-electron chi connectivity index (χ3n) is 3.57. The van der Waals surface area contributed by atoms with Gasteiger partial charge in [-0.05, 0) is 23.3 Å². The summed E-state index contributed by atoms with van der Waals surface area (Å²) < 4.78 is 24.3. The topological polar surface area (TPSA) is 135 Å². The molecule has 10 heteroatoms. The molecule has 0 saturated heterocycles. The molecule has 0 fully saturated rings. The third kappa shape index (κ3) is 3.69. The fraction of sp³-hybridized carbons (Fsp3) is 0.267. The molecule has 0 aliphatic heterocycles. The van der Waals surface area contributed by atoms with E-state index in [1.807, 2.05) is 0 Å². The van der Waals surface area contributed by atoms with Crippen LogP contribution in [0.2, 0.25) is 0 Å². The van der Waals surface area contributed by atoms with Gasteiger partial charge in [0.2, 0.25) is 5.82 Å². The predicted molar refractivity (Wildman–Crippen MR) is 89.2 cm³/mol. The van der Waals surface area contributed by atoms with Gasteiger partial charge in [0.15, 0.2) is 9.84 Å². The van der Waals surface area contributed by atoms with Crippen molar-refractivity contribution in [3.63, 3.8) is 0 Å². The Morgan fingerprint density at radius 3 is 2.56 bits per heavy atom. The first-order chi connectivity index (χ1) is 12.0. The number of aromatic nitrogens is 6. The highest BCUT2D eigenvalue weighted by Gasteiger charge is 2.22. The van der Waals surface area contributed by atoms with Crippen LogP contribution in [0.5, 0.6) is 0 Å². The second-order valence-electron chi connectivity index (χ2n) is 5.40.